The highest BCUT2D eigenvalue weighted by molar-refractivity contribution is 9.10. The van der Waals surface area contributed by atoms with Gasteiger partial charge in [-0.1, -0.05) is 40.9 Å². The molecule has 0 radical (unpaired) electrons. The van der Waals surface area contributed by atoms with Gasteiger partial charge in [-0.2, -0.15) is 0 Å². The summed E-state index contributed by atoms with van der Waals surface area (Å²) >= 11 is 3.37. The van der Waals surface area contributed by atoms with Gasteiger partial charge in [-0.25, -0.2) is 0 Å². The van der Waals surface area contributed by atoms with E-state index in [9.17, 15) is 9.59 Å². The minimum absolute atomic E-state index is 0.0589. The maximum Gasteiger partial charge on any atom is 0.239 e. The van der Waals surface area contributed by atoms with Gasteiger partial charge in [0.25, 0.3) is 0 Å². The molecule has 0 spiro atoms. The van der Waals surface area contributed by atoms with Crippen molar-refractivity contribution >= 4 is 27.7 Å². The van der Waals surface area contributed by atoms with Gasteiger partial charge in [-0.05, 0) is 30.5 Å². The Balaban J connectivity index is 1.70. The van der Waals surface area contributed by atoms with Crippen molar-refractivity contribution < 1.29 is 9.59 Å². The molecule has 0 bridgehead atoms. The number of carbonyl (C=O) groups is 2. The Labute approximate surface area is 127 Å². The summed E-state index contributed by atoms with van der Waals surface area (Å²) in [5, 5.41) is 5.60. The minimum atomic E-state index is -0.135. The molecule has 1 fully saturated rings. The Morgan fingerprint density at radius 1 is 1.20 bits per heavy atom. The zero-order valence-electron chi connectivity index (χ0n) is 11.3. The molecule has 2 rings (SSSR count). The van der Waals surface area contributed by atoms with E-state index in [1.54, 1.807) is 0 Å². The second kappa shape index (κ2) is 7.43. The molecular formula is C15H19BrN2O2. The van der Waals surface area contributed by atoms with E-state index in [1.165, 1.54) is 12.8 Å². The number of carbonyl (C=O) groups excluding carboxylic acids is 2. The quantitative estimate of drug-likeness (QED) is 0.864. The first-order chi connectivity index (χ1) is 9.63. The van der Waals surface area contributed by atoms with Gasteiger partial charge in [-0.3, -0.25) is 9.59 Å². The first-order valence-electron chi connectivity index (χ1n) is 6.94. The number of rotatable bonds is 5. The summed E-state index contributed by atoms with van der Waals surface area (Å²) in [7, 11) is 0. The van der Waals surface area contributed by atoms with Gasteiger partial charge in [0.05, 0.1) is 13.0 Å². The third-order valence-corrected chi connectivity index (χ3v) is 3.91. The van der Waals surface area contributed by atoms with Crippen molar-refractivity contribution in [2.75, 3.05) is 6.54 Å². The summed E-state index contributed by atoms with van der Waals surface area (Å²) in [5.74, 6) is -0.232. The fourth-order valence-electron chi connectivity index (χ4n) is 2.42. The predicted octanol–water partition coefficient (Wildman–Crippen LogP) is 2.17. The van der Waals surface area contributed by atoms with Gasteiger partial charge < -0.3 is 10.6 Å². The molecule has 1 saturated carbocycles. The van der Waals surface area contributed by atoms with Crippen molar-refractivity contribution in [2.24, 2.45) is 0 Å². The number of halogens is 1. The lowest BCUT2D eigenvalue weighted by atomic mass is 10.1. The van der Waals surface area contributed by atoms with Crippen molar-refractivity contribution in [3.05, 3.63) is 34.3 Å². The maximum absolute atomic E-state index is 11.8. The van der Waals surface area contributed by atoms with Crippen molar-refractivity contribution in [1.82, 2.24) is 10.6 Å². The first kappa shape index (κ1) is 15.0. The number of hydrogen-bond acceptors (Lipinski definition) is 2. The largest absolute Gasteiger partial charge is 0.352 e. The highest BCUT2D eigenvalue weighted by Crippen LogP contribution is 2.17. The zero-order valence-corrected chi connectivity index (χ0v) is 12.9. The second-order valence-electron chi connectivity index (χ2n) is 5.13. The van der Waals surface area contributed by atoms with Crippen LogP contribution in [0.15, 0.2) is 28.7 Å². The Hall–Kier alpha value is -1.36. The van der Waals surface area contributed by atoms with E-state index >= 15 is 0 Å². The smallest absolute Gasteiger partial charge is 0.239 e. The second-order valence-corrected chi connectivity index (χ2v) is 6.05. The Morgan fingerprint density at radius 2 is 1.95 bits per heavy atom. The van der Waals surface area contributed by atoms with Crippen LogP contribution in [0.5, 0.6) is 0 Å². The zero-order chi connectivity index (χ0) is 14.4. The molecule has 0 aromatic heterocycles. The molecule has 1 aliphatic rings. The molecule has 0 unspecified atom stereocenters. The molecule has 108 valence electrons. The highest BCUT2D eigenvalue weighted by atomic mass is 79.9. The van der Waals surface area contributed by atoms with Gasteiger partial charge in [0.15, 0.2) is 0 Å². The van der Waals surface area contributed by atoms with Crippen LogP contribution in [0.2, 0.25) is 0 Å². The molecule has 1 aromatic carbocycles. The Morgan fingerprint density at radius 3 is 2.65 bits per heavy atom. The van der Waals surface area contributed by atoms with Crippen LogP contribution in [0.25, 0.3) is 0 Å². The molecule has 0 heterocycles. The molecule has 2 amide bonds. The number of amides is 2. The fourth-order valence-corrected chi connectivity index (χ4v) is 2.87. The van der Waals surface area contributed by atoms with Crippen LogP contribution in [0, 0.1) is 0 Å². The summed E-state index contributed by atoms with van der Waals surface area (Å²) in [4.78, 5) is 23.4. The van der Waals surface area contributed by atoms with Gasteiger partial charge in [0.2, 0.25) is 11.8 Å². The van der Waals surface area contributed by atoms with Crippen LogP contribution in [0.1, 0.15) is 31.2 Å². The van der Waals surface area contributed by atoms with E-state index in [0.717, 1.165) is 22.9 Å². The third-order valence-electron chi connectivity index (χ3n) is 3.42. The summed E-state index contributed by atoms with van der Waals surface area (Å²) in [6, 6.07) is 7.89. The van der Waals surface area contributed by atoms with Crippen LogP contribution in [0.3, 0.4) is 0 Å². The average Bonchev–Trinajstić information content (AvgIpc) is 2.89. The lowest BCUT2D eigenvalue weighted by Crippen LogP contribution is -2.41. The van der Waals surface area contributed by atoms with Crippen molar-refractivity contribution in [3.63, 3.8) is 0 Å². The Kier molecular flexibility index (Phi) is 5.59. The lowest BCUT2D eigenvalue weighted by Gasteiger charge is -2.12. The van der Waals surface area contributed by atoms with E-state index in [0.29, 0.717) is 6.04 Å². The average molecular weight is 339 g/mol. The first-order valence-corrected chi connectivity index (χ1v) is 7.73. The van der Waals surface area contributed by atoms with E-state index in [-0.39, 0.29) is 24.8 Å². The molecule has 1 aliphatic carbocycles. The molecule has 0 atom stereocenters. The van der Waals surface area contributed by atoms with E-state index in [1.807, 2.05) is 24.3 Å². The van der Waals surface area contributed by atoms with Crippen LogP contribution in [0.4, 0.5) is 0 Å². The highest BCUT2D eigenvalue weighted by Gasteiger charge is 2.17. The summed E-state index contributed by atoms with van der Waals surface area (Å²) < 4.78 is 0.946. The standard InChI is InChI=1S/C15H19BrN2O2/c16-12-5-3-4-11(8-12)9-14(19)17-10-15(20)18-13-6-1-2-7-13/h3-5,8,13H,1-2,6-7,9-10H2,(H,17,19)(H,18,20). The van der Waals surface area contributed by atoms with Crippen molar-refractivity contribution in [3.8, 4) is 0 Å². The molecule has 1 aromatic rings. The van der Waals surface area contributed by atoms with Crippen LogP contribution < -0.4 is 10.6 Å². The van der Waals surface area contributed by atoms with Crippen molar-refractivity contribution in [2.45, 2.75) is 38.1 Å². The van der Waals surface area contributed by atoms with Crippen LogP contribution in [-0.4, -0.2) is 24.4 Å². The molecule has 20 heavy (non-hydrogen) atoms. The topological polar surface area (TPSA) is 58.2 Å². The SMILES string of the molecule is O=C(Cc1cccc(Br)c1)NCC(=O)NC1CCCC1. The molecular weight excluding hydrogens is 320 g/mol. The van der Waals surface area contributed by atoms with E-state index in [4.69, 9.17) is 0 Å². The molecule has 0 aliphatic heterocycles. The van der Waals surface area contributed by atoms with Gasteiger partial charge in [0, 0.05) is 10.5 Å². The predicted molar refractivity (Wildman–Crippen MR) is 81.3 cm³/mol. The third kappa shape index (κ3) is 4.96. The number of nitrogens with one attached hydrogen (secondary N) is 2. The Bertz CT molecular complexity index is 485. The summed E-state index contributed by atoms with van der Waals surface area (Å²) in [6.07, 6.45) is 4.76. The van der Waals surface area contributed by atoms with Crippen molar-refractivity contribution in [1.29, 1.82) is 0 Å². The molecule has 0 saturated heterocycles. The maximum atomic E-state index is 11.8. The molecule has 2 N–H and O–H groups in total. The molecule has 5 heteroatoms. The van der Waals surface area contributed by atoms with E-state index < -0.39 is 0 Å². The van der Waals surface area contributed by atoms with Crippen LogP contribution >= 0.6 is 15.9 Å². The van der Waals surface area contributed by atoms with Crippen LogP contribution in [-0.2, 0) is 16.0 Å². The summed E-state index contributed by atoms with van der Waals surface area (Å²) in [5.41, 5.74) is 0.924. The normalized spacial score (nSPS) is 15.1. The van der Waals surface area contributed by atoms with E-state index in [2.05, 4.69) is 26.6 Å². The summed E-state index contributed by atoms with van der Waals surface area (Å²) in [6.45, 7) is 0.0589. The number of hydrogen-bond donors (Lipinski definition) is 2. The van der Waals surface area contributed by atoms with Gasteiger partial charge >= 0.3 is 0 Å². The fraction of sp³-hybridized carbons (Fsp3) is 0.467. The lowest BCUT2D eigenvalue weighted by molar-refractivity contribution is -0.126. The monoisotopic (exact) mass is 338 g/mol. The van der Waals surface area contributed by atoms with Gasteiger partial charge in [-0.15, -0.1) is 0 Å². The number of benzene rings is 1. The minimum Gasteiger partial charge on any atom is -0.352 e. The van der Waals surface area contributed by atoms with Gasteiger partial charge in [0.1, 0.15) is 0 Å². The molecule has 4 nitrogen and oxygen atoms in total.